The molecule has 0 saturated heterocycles. The van der Waals surface area contributed by atoms with Gasteiger partial charge in [0.2, 0.25) is 0 Å². The number of carboxylic acids is 1. The Kier molecular flexibility index (Phi) is 7.58. The number of carbonyl (C=O) groups is 1. The molecule has 0 spiro atoms. The van der Waals surface area contributed by atoms with Crippen LogP contribution >= 0.6 is 0 Å². The van der Waals surface area contributed by atoms with E-state index in [4.69, 9.17) is 9.26 Å². The van der Waals surface area contributed by atoms with Gasteiger partial charge in [0.1, 0.15) is 22.5 Å². The molecule has 3 fully saturated rings. The molecule has 0 amide bonds. The molecule has 1 N–H and O–H groups in total. The van der Waals surface area contributed by atoms with Gasteiger partial charge in [0.05, 0.1) is 18.3 Å². The first-order chi connectivity index (χ1) is 21.1. The quantitative estimate of drug-likeness (QED) is 0.189. The van der Waals surface area contributed by atoms with Crippen molar-refractivity contribution in [3.8, 4) is 17.0 Å². The van der Waals surface area contributed by atoms with E-state index in [9.17, 15) is 27.6 Å². The highest BCUT2D eigenvalue weighted by molar-refractivity contribution is 7.92. The summed E-state index contributed by atoms with van der Waals surface area (Å²) < 4.78 is 69.6. The normalized spacial score (nSPS) is 24.0. The molecule has 3 saturated carbocycles. The second kappa shape index (κ2) is 11.4. The zero-order chi connectivity index (χ0) is 30.6. The number of halogens is 3. The topological polar surface area (TPSA) is 105 Å². The van der Waals surface area contributed by atoms with Gasteiger partial charge in [-0.2, -0.15) is 0 Å². The lowest BCUT2D eigenvalue weighted by Crippen LogP contribution is -2.40. The van der Waals surface area contributed by atoms with Gasteiger partial charge >= 0.3 is 12.3 Å². The average Bonchev–Trinajstić information content (AvgIpc) is 3.70. The van der Waals surface area contributed by atoms with E-state index in [0.29, 0.717) is 17.0 Å². The van der Waals surface area contributed by atoms with Gasteiger partial charge in [-0.25, -0.2) is 4.79 Å². The van der Waals surface area contributed by atoms with E-state index >= 15 is 0 Å². The molecule has 4 aromatic rings. The zero-order valence-electron chi connectivity index (χ0n) is 23.6. The SMILES string of the molecule is O=C(O)c1ccc2cc([S+]([O-])C3C4CCC3CC(OCc3c(-c5ccccc5OC(F)(F)F)noc3C3CC3)C4)ccc2c1. The molecule has 3 aromatic carbocycles. The van der Waals surface area contributed by atoms with Crippen molar-refractivity contribution in [3.63, 3.8) is 0 Å². The van der Waals surface area contributed by atoms with Crippen LogP contribution in [0.3, 0.4) is 0 Å². The highest BCUT2D eigenvalue weighted by Gasteiger charge is 2.50. The molecule has 3 aliphatic carbocycles. The number of benzene rings is 3. The van der Waals surface area contributed by atoms with Gasteiger partial charge < -0.3 is 23.7 Å². The number of fused-ring (bicyclic) bond motifs is 3. The largest absolute Gasteiger partial charge is 0.611 e. The Morgan fingerprint density at radius 3 is 2.41 bits per heavy atom. The average molecular weight is 626 g/mol. The van der Waals surface area contributed by atoms with Gasteiger partial charge in [-0.3, -0.25) is 0 Å². The fraction of sp³-hybridized carbons (Fsp3) is 0.394. The fourth-order valence-electron chi connectivity index (χ4n) is 6.96. The summed E-state index contributed by atoms with van der Waals surface area (Å²) in [4.78, 5) is 12.1. The van der Waals surface area contributed by atoms with Gasteiger partial charge in [-0.15, -0.1) is 13.2 Å². The van der Waals surface area contributed by atoms with Crippen molar-refractivity contribution >= 4 is 27.9 Å². The Balaban J connectivity index is 1.07. The van der Waals surface area contributed by atoms with Gasteiger partial charge in [0.15, 0.2) is 4.90 Å². The number of alkyl halides is 3. The number of aromatic nitrogens is 1. The molecule has 7 nitrogen and oxygen atoms in total. The zero-order valence-corrected chi connectivity index (χ0v) is 24.4. The molecule has 1 aromatic heterocycles. The summed E-state index contributed by atoms with van der Waals surface area (Å²) in [5, 5.41) is 15.1. The molecule has 2 bridgehead atoms. The van der Waals surface area contributed by atoms with Gasteiger partial charge in [-0.1, -0.05) is 23.4 Å². The van der Waals surface area contributed by atoms with Gasteiger partial charge in [0.25, 0.3) is 0 Å². The summed E-state index contributed by atoms with van der Waals surface area (Å²) in [7, 11) is 0. The van der Waals surface area contributed by atoms with Gasteiger partial charge in [-0.05, 0) is 96.9 Å². The molecule has 3 atom stereocenters. The third kappa shape index (κ3) is 5.80. The minimum Gasteiger partial charge on any atom is -0.611 e. The van der Waals surface area contributed by atoms with Crippen molar-refractivity contribution in [2.24, 2.45) is 11.8 Å². The lowest BCUT2D eigenvalue weighted by molar-refractivity contribution is -0.274. The standard InChI is InChI=1S/C33H30F3NO6S/c34-33(35,36)42-28-4-2-1-3-26(28)29-27(30(43-37-29)18-5-6-18)17-41-24-14-21-8-9-22(15-24)31(21)44(40)25-12-11-19-13-23(32(38)39)10-7-20(19)16-25/h1-4,7,10-13,16,18,21-22,24,31H,5-6,8-9,14-15,17H2,(H,38,39). The van der Waals surface area contributed by atoms with Crippen LogP contribution in [0, 0.1) is 11.8 Å². The number of carboxylic acid groups (broad SMARTS) is 1. The summed E-state index contributed by atoms with van der Waals surface area (Å²) in [6, 6.07) is 16.4. The number of rotatable bonds is 9. The van der Waals surface area contributed by atoms with E-state index in [1.54, 1.807) is 24.3 Å². The first-order valence-corrected chi connectivity index (χ1v) is 16.0. The van der Waals surface area contributed by atoms with Crippen LogP contribution in [0.5, 0.6) is 5.75 Å². The molecule has 11 heteroatoms. The van der Waals surface area contributed by atoms with E-state index in [1.165, 1.54) is 18.2 Å². The lowest BCUT2D eigenvalue weighted by atomic mass is 9.86. The number of nitrogens with zero attached hydrogens (tertiary/aromatic N) is 1. The smallest absolute Gasteiger partial charge is 0.573 e. The minimum atomic E-state index is -4.84. The molecular formula is C33H30F3NO6S. The van der Waals surface area contributed by atoms with E-state index in [2.05, 4.69) is 9.89 Å². The summed E-state index contributed by atoms with van der Waals surface area (Å²) in [5.41, 5.74) is 1.37. The van der Waals surface area contributed by atoms with Crippen LogP contribution in [-0.4, -0.2) is 38.5 Å². The molecule has 230 valence electrons. The summed E-state index contributed by atoms with van der Waals surface area (Å²) >= 11 is -1.23. The van der Waals surface area contributed by atoms with Crippen molar-refractivity contribution in [2.45, 2.75) is 73.7 Å². The molecule has 3 unspecified atom stereocenters. The van der Waals surface area contributed by atoms with Crippen molar-refractivity contribution < 1.29 is 41.6 Å². The number of aromatic carboxylic acids is 1. The monoisotopic (exact) mass is 625 g/mol. The van der Waals surface area contributed by atoms with E-state index in [0.717, 1.165) is 54.2 Å². The predicted octanol–water partition coefficient (Wildman–Crippen LogP) is 7.85. The van der Waals surface area contributed by atoms with Gasteiger partial charge in [0, 0.05) is 34.9 Å². The molecule has 44 heavy (non-hydrogen) atoms. The Morgan fingerprint density at radius 2 is 1.70 bits per heavy atom. The highest BCUT2D eigenvalue weighted by Crippen LogP contribution is 2.50. The maximum atomic E-state index is 13.9. The fourth-order valence-corrected chi connectivity index (χ4v) is 8.91. The Hall–Kier alpha value is -3.54. The van der Waals surface area contributed by atoms with Crippen LogP contribution in [-0.2, 0) is 22.5 Å². The summed E-state index contributed by atoms with van der Waals surface area (Å²) in [5.74, 6) is -0.0527. The Labute approximate surface area is 254 Å². The second-order valence-electron chi connectivity index (χ2n) is 12.0. The molecule has 1 heterocycles. The maximum absolute atomic E-state index is 13.9. The molecular weight excluding hydrogens is 595 g/mol. The highest BCUT2D eigenvalue weighted by atomic mass is 32.2. The number of hydrogen-bond acceptors (Lipinski definition) is 6. The van der Waals surface area contributed by atoms with Crippen LogP contribution < -0.4 is 4.74 Å². The van der Waals surface area contributed by atoms with Crippen molar-refractivity contribution in [3.05, 3.63) is 77.6 Å². The van der Waals surface area contributed by atoms with Crippen molar-refractivity contribution in [1.82, 2.24) is 5.16 Å². The van der Waals surface area contributed by atoms with E-state index < -0.39 is 23.5 Å². The number of ether oxygens (including phenoxy) is 2. The molecule has 3 aliphatic rings. The van der Waals surface area contributed by atoms with Crippen molar-refractivity contribution in [2.75, 3.05) is 0 Å². The molecule has 0 radical (unpaired) electrons. The Bertz CT molecular complexity index is 1690. The number of para-hydroxylation sites is 1. The minimum absolute atomic E-state index is 0.00478. The summed E-state index contributed by atoms with van der Waals surface area (Å²) in [6.07, 6.45) is 0.353. The van der Waals surface area contributed by atoms with E-state index in [1.807, 2.05) is 18.2 Å². The maximum Gasteiger partial charge on any atom is 0.573 e. The lowest BCUT2D eigenvalue weighted by Gasteiger charge is -2.35. The second-order valence-corrected chi connectivity index (χ2v) is 13.6. The predicted molar refractivity (Wildman–Crippen MR) is 156 cm³/mol. The van der Waals surface area contributed by atoms with Crippen LogP contribution in [0.15, 0.2) is 70.1 Å². The van der Waals surface area contributed by atoms with Crippen molar-refractivity contribution in [1.29, 1.82) is 0 Å². The van der Waals surface area contributed by atoms with Crippen LogP contribution in [0.4, 0.5) is 13.2 Å². The first kappa shape index (κ1) is 29.2. The molecule has 0 aliphatic heterocycles. The first-order valence-electron chi connectivity index (χ1n) is 14.8. The Morgan fingerprint density at radius 1 is 1.00 bits per heavy atom. The van der Waals surface area contributed by atoms with E-state index in [-0.39, 0.29) is 52.6 Å². The molecule has 7 rings (SSSR count). The van der Waals surface area contributed by atoms with Crippen LogP contribution in [0.25, 0.3) is 22.0 Å². The number of hydrogen-bond donors (Lipinski definition) is 1. The van der Waals surface area contributed by atoms with Crippen LogP contribution in [0.2, 0.25) is 0 Å². The third-order valence-corrected chi connectivity index (χ3v) is 11.1. The van der Waals surface area contributed by atoms with Crippen LogP contribution in [0.1, 0.15) is 66.1 Å². The summed E-state index contributed by atoms with van der Waals surface area (Å²) in [6.45, 7) is 0.159. The third-order valence-electron chi connectivity index (χ3n) is 9.10.